The van der Waals surface area contributed by atoms with E-state index in [2.05, 4.69) is 42.6 Å². The summed E-state index contributed by atoms with van der Waals surface area (Å²) in [6, 6.07) is 8.82. The van der Waals surface area contributed by atoms with Gasteiger partial charge >= 0.3 is 6.03 Å². The van der Waals surface area contributed by atoms with E-state index in [9.17, 15) is 9.59 Å². The van der Waals surface area contributed by atoms with Crippen molar-refractivity contribution in [3.8, 4) is 0 Å². The normalized spacial score (nSPS) is 30.7. The van der Waals surface area contributed by atoms with Crippen molar-refractivity contribution in [3.05, 3.63) is 47.0 Å². The van der Waals surface area contributed by atoms with Crippen LogP contribution in [0, 0.1) is 11.8 Å². The van der Waals surface area contributed by atoms with Crippen molar-refractivity contribution in [2.24, 2.45) is 17.6 Å². The molecule has 5 heteroatoms. The van der Waals surface area contributed by atoms with E-state index in [4.69, 9.17) is 5.73 Å². The second-order valence-corrected chi connectivity index (χ2v) is 10.3. The second kappa shape index (κ2) is 7.99. The molecule has 1 aromatic rings. The van der Waals surface area contributed by atoms with Gasteiger partial charge in [-0.2, -0.15) is 0 Å². The lowest BCUT2D eigenvalue weighted by Gasteiger charge is -2.43. The molecule has 31 heavy (non-hydrogen) atoms. The van der Waals surface area contributed by atoms with Crippen LogP contribution in [0.2, 0.25) is 0 Å². The number of urea groups is 1. The Morgan fingerprint density at radius 3 is 2.68 bits per heavy atom. The topological polar surface area (TPSA) is 75.4 Å². The molecule has 3 aliphatic carbocycles. The molecule has 3 amide bonds. The molecule has 5 nitrogen and oxygen atoms in total. The molecule has 2 fully saturated rings. The molecule has 1 heterocycles. The van der Waals surface area contributed by atoms with Crippen LogP contribution in [0.1, 0.15) is 75.3 Å². The van der Waals surface area contributed by atoms with Gasteiger partial charge in [0.1, 0.15) is 0 Å². The molecule has 1 aliphatic heterocycles. The molecule has 3 N–H and O–H groups in total. The van der Waals surface area contributed by atoms with Gasteiger partial charge in [0.05, 0.1) is 6.04 Å². The zero-order valence-corrected chi connectivity index (χ0v) is 18.6. The van der Waals surface area contributed by atoms with Gasteiger partial charge in [-0.1, -0.05) is 49.3 Å². The van der Waals surface area contributed by atoms with Crippen LogP contribution < -0.4 is 11.1 Å². The fourth-order valence-corrected chi connectivity index (χ4v) is 6.76. The Bertz CT molecular complexity index is 900. The summed E-state index contributed by atoms with van der Waals surface area (Å²) in [4.78, 5) is 26.7. The minimum absolute atomic E-state index is 0.0748. The molecule has 0 radical (unpaired) electrons. The monoisotopic (exact) mass is 421 g/mol. The van der Waals surface area contributed by atoms with Gasteiger partial charge in [-0.3, -0.25) is 4.79 Å². The van der Waals surface area contributed by atoms with Gasteiger partial charge < -0.3 is 16.0 Å². The number of likely N-dealkylation sites (tertiary alicyclic amines) is 1. The van der Waals surface area contributed by atoms with Crippen LogP contribution >= 0.6 is 0 Å². The van der Waals surface area contributed by atoms with Gasteiger partial charge in [-0.15, -0.1) is 0 Å². The number of piperidine rings is 1. The third kappa shape index (κ3) is 3.66. The number of fused-ring (bicyclic) bond motifs is 3. The van der Waals surface area contributed by atoms with Crippen molar-refractivity contribution in [1.82, 2.24) is 10.2 Å². The van der Waals surface area contributed by atoms with Crippen LogP contribution in [-0.4, -0.2) is 36.0 Å². The van der Waals surface area contributed by atoms with E-state index in [1.165, 1.54) is 30.4 Å². The zero-order valence-electron chi connectivity index (χ0n) is 18.6. The SMILES string of the molecule is CCC1CC2CCC2=CC1NC(=O)N1CCC2(CC1)CC(CC(N)=O)c1ccccc12. The maximum absolute atomic E-state index is 13.1. The fourth-order valence-electron chi connectivity index (χ4n) is 6.76. The maximum atomic E-state index is 13.1. The molecule has 166 valence electrons. The third-order valence-corrected chi connectivity index (χ3v) is 8.67. The first kappa shape index (κ1) is 20.6. The Hall–Kier alpha value is -2.30. The largest absolute Gasteiger partial charge is 0.370 e. The Labute approximate surface area is 185 Å². The van der Waals surface area contributed by atoms with Gasteiger partial charge in [0.2, 0.25) is 5.91 Å². The molecule has 5 rings (SSSR count). The first-order valence-electron chi connectivity index (χ1n) is 12.1. The number of carbonyl (C=O) groups is 2. The fraction of sp³-hybridized carbons (Fsp3) is 0.615. The highest BCUT2D eigenvalue weighted by Gasteiger charge is 2.46. The van der Waals surface area contributed by atoms with Crippen molar-refractivity contribution >= 4 is 11.9 Å². The summed E-state index contributed by atoms with van der Waals surface area (Å²) >= 11 is 0. The summed E-state index contributed by atoms with van der Waals surface area (Å²) in [7, 11) is 0. The molecule has 0 bridgehead atoms. The average Bonchev–Trinajstić information content (AvgIpc) is 3.03. The van der Waals surface area contributed by atoms with E-state index in [-0.39, 0.29) is 29.3 Å². The Balaban J connectivity index is 1.25. The lowest BCUT2D eigenvalue weighted by Crippen LogP contribution is -2.52. The lowest BCUT2D eigenvalue weighted by atomic mass is 9.67. The smallest absolute Gasteiger partial charge is 0.317 e. The first-order valence-corrected chi connectivity index (χ1v) is 12.1. The van der Waals surface area contributed by atoms with E-state index in [0.29, 0.717) is 12.3 Å². The van der Waals surface area contributed by atoms with E-state index in [0.717, 1.165) is 44.7 Å². The first-order chi connectivity index (χ1) is 15.0. The van der Waals surface area contributed by atoms with Crippen LogP contribution in [0.25, 0.3) is 0 Å². The quantitative estimate of drug-likeness (QED) is 0.714. The van der Waals surface area contributed by atoms with Gasteiger partial charge in [0.15, 0.2) is 0 Å². The summed E-state index contributed by atoms with van der Waals surface area (Å²) in [5, 5.41) is 3.36. The number of allylic oxidation sites excluding steroid dienone is 1. The number of rotatable bonds is 4. The van der Waals surface area contributed by atoms with Crippen molar-refractivity contribution in [2.45, 2.75) is 75.7 Å². The molecule has 4 aliphatic rings. The van der Waals surface area contributed by atoms with Crippen LogP contribution in [0.5, 0.6) is 0 Å². The predicted octanol–water partition coefficient (Wildman–Crippen LogP) is 4.23. The van der Waals surface area contributed by atoms with Crippen molar-refractivity contribution < 1.29 is 9.59 Å². The number of nitrogens with zero attached hydrogens (tertiary/aromatic N) is 1. The highest BCUT2D eigenvalue weighted by atomic mass is 16.2. The van der Waals surface area contributed by atoms with E-state index >= 15 is 0 Å². The molecule has 1 aromatic carbocycles. The minimum atomic E-state index is -0.227. The number of primary amides is 1. The van der Waals surface area contributed by atoms with Crippen LogP contribution in [0.15, 0.2) is 35.9 Å². The Morgan fingerprint density at radius 1 is 1.23 bits per heavy atom. The average molecular weight is 422 g/mol. The molecular formula is C26H35N3O2. The number of hydrogen-bond acceptors (Lipinski definition) is 2. The van der Waals surface area contributed by atoms with E-state index in [1.807, 2.05) is 4.90 Å². The van der Waals surface area contributed by atoms with E-state index in [1.54, 1.807) is 5.57 Å². The van der Waals surface area contributed by atoms with Crippen LogP contribution in [0.3, 0.4) is 0 Å². The number of carbonyl (C=O) groups excluding carboxylic acids is 2. The standard InChI is InChI=1S/C26H35N3O2/c1-2-17-13-18-7-8-19(18)14-23(17)28-25(31)29-11-9-26(10-12-29)16-20(15-24(27)30)21-5-3-4-6-22(21)26/h3-6,14,17-18,20,23H,2,7-13,15-16H2,1H3,(H2,27,30)(H,28,31). The minimum Gasteiger partial charge on any atom is -0.370 e. The van der Waals surface area contributed by atoms with Crippen LogP contribution in [0.4, 0.5) is 4.79 Å². The summed E-state index contributed by atoms with van der Waals surface area (Å²) in [6.07, 6.45) is 10.5. The molecule has 1 saturated carbocycles. The number of hydrogen-bond donors (Lipinski definition) is 2. The number of benzene rings is 1. The molecule has 4 unspecified atom stereocenters. The van der Waals surface area contributed by atoms with Gasteiger partial charge in [-0.05, 0) is 72.8 Å². The molecule has 4 atom stereocenters. The van der Waals surface area contributed by atoms with Gasteiger partial charge in [-0.25, -0.2) is 4.79 Å². The Morgan fingerprint density at radius 2 is 2.00 bits per heavy atom. The van der Waals surface area contributed by atoms with Crippen molar-refractivity contribution in [1.29, 1.82) is 0 Å². The maximum Gasteiger partial charge on any atom is 0.317 e. The third-order valence-electron chi connectivity index (χ3n) is 8.67. The summed E-state index contributed by atoms with van der Waals surface area (Å²) in [5.74, 6) is 1.33. The van der Waals surface area contributed by atoms with E-state index < -0.39 is 0 Å². The molecule has 0 aromatic heterocycles. The Kier molecular flexibility index (Phi) is 5.31. The summed E-state index contributed by atoms with van der Waals surface area (Å²) in [5.41, 5.74) is 9.84. The van der Waals surface area contributed by atoms with Gasteiger partial charge in [0, 0.05) is 19.5 Å². The number of nitrogens with one attached hydrogen (secondary N) is 1. The highest BCUT2D eigenvalue weighted by molar-refractivity contribution is 5.76. The zero-order chi connectivity index (χ0) is 21.6. The summed E-state index contributed by atoms with van der Waals surface area (Å²) < 4.78 is 0. The summed E-state index contributed by atoms with van der Waals surface area (Å²) in [6.45, 7) is 3.78. The lowest BCUT2D eigenvalue weighted by molar-refractivity contribution is -0.118. The highest BCUT2D eigenvalue weighted by Crippen LogP contribution is 2.52. The van der Waals surface area contributed by atoms with Crippen molar-refractivity contribution in [3.63, 3.8) is 0 Å². The second-order valence-electron chi connectivity index (χ2n) is 10.3. The number of amides is 3. The van der Waals surface area contributed by atoms with Gasteiger partial charge in [0.25, 0.3) is 0 Å². The van der Waals surface area contributed by atoms with Crippen molar-refractivity contribution in [2.75, 3.05) is 13.1 Å². The predicted molar refractivity (Wildman–Crippen MR) is 122 cm³/mol. The molecule has 1 spiro atoms. The van der Waals surface area contributed by atoms with Crippen LogP contribution in [-0.2, 0) is 10.2 Å². The molecular weight excluding hydrogens is 386 g/mol. The number of nitrogens with two attached hydrogens (primary N) is 1. The molecule has 1 saturated heterocycles.